The molecule has 1 amide bonds. The number of benzene rings is 1. The van der Waals surface area contributed by atoms with Crippen LogP contribution in [0.3, 0.4) is 0 Å². The second-order valence-corrected chi connectivity index (χ2v) is 4.31. The topological polar surface area (TPSA) is 92.2 Å². The molecule has 0 spiro atoms. The van der Waals surface area contributed by atoms with Crippen LogP contribution >= 0.6 is 0 Å². The molecule has 0 bridgehead atoms. The van der Waals surface area contributed by atoms with Crippen LogP contribution in [0, 0.1) is 13.8 Å². The maximum atomic E-state index is 12.0. The molecule has 0 fully saturated rings. The van der Waals surface area contributed by atoms with Gasteiger partial charge in [0, 0.05) is 17.0 Å². The molecular weight excluding hydrogens is 258 g/mol. The van der Waals surface area contributed by atoms with Gasteiger partial charge in [-0.1, -0.05) is 6.07 Å². The van der Waals surface area contributed by atoms with Crippen molar-refractivity contribution < 1.29 is 14.7 Å². The lowest BCUT2D eigenvalue weighted by molar-refractivity contribution is 0.0697. The molecule has 0 unspecified atom stereocenters. The number of carboxylic acid groups (broad SMARTS) is 1. The van der Waals surface area contributed by atoms with Crippen molar-refractivity contribution in [3.05, 3.63) is 52.8 Å². The monoisotopic (exact) mass is 271 g/mol. The van der Waals surface area contributed by atoms with Gasteiger partial charge < -0.3 is 5.11 Å². The Hall–Kier alpha value is -2.76. The lowest BCUT2D eigenvalue weighted by Gasteiger charge is -2.06. The predicted octanol–water partition coefficient (Wildman–Crippen LogP) is 2.04. The number of rotatable bonds is 3. The van der Waals surface area contributed by atoms with Crippen molar-refractivity contribution in [1.82, 2.24) is 9.97 Å². The summed E-state index contributed by atoms with van der Waals surface area (Å²) in [4.78, 5) is 31.1. The summed E-state index contributed by atoms with van der Waals surface area (Å²) in [5.74, 6) is -1.33. The van der Waals surface area contributed by atoms with Gasteiger partial charge in [-0.25, -0.2) is 14.8 Å². The summed E-state index contributed by atoms with van der Waals surface area (Å²) in [6.07, 6.45) is 0. The van der Waals surface area contributed by atoms with E-state index < -0.39 is 11.9 Å². The molecule has 6 nitrogen and oxygen atoms in total. The first-order valence-electron chi connectivity index (χ1n) is 5.92. The average Bonchev–Trinajstić information content (AvgIpc) is 2.37. The minimum atomic E-state index is -1.08. The standard InChI is InChI=1S/C14H13N3O3/c1-8-6-9(2)16-14(15-8)17-12(18)10-4-3-5-11(7-10)13(19)20/h3-7H,1-2H3,(H,19,20)(H,15,16,17,18). The number of amides is 1. The third-order valence-corrected chi connectivity index (χ3v) is 2.58. The summed E-state index contributed by atoms with van der Waals surface area (Å²) in [6.45, 7) is 3.60. The molecule has 6 heteroatoms. The van der Waals surface area contributed by atoms with E-state index in [1.54, 1.807) is 19.9 Å². The molecule has 2 N–H and O–H groups in total. The number of nitrogens with zero attached hydrogens (tertiary/aromatic N) is 2. The van der Waals surface area contributed by atoms with Gasteiger partial charge in [-0.3, -0.25) is 10.1 Å². The number of anilines is 1. The second kappa shape index (κ2) is 5.48. The molecule has 0 saturated heterocycles. The summed E-state index contributed by atoms with van der Waals surface area (Å²) in [7, 11) is 0. The van der Waals surface area contributed by atoms with E-state index in [2.05, 4.69) is 15.3 Å². The summed E-state index contributed by atoms with van der Waals surface area (Å²) >= 11 is 0. The van der Waals surface area contributed by atoms with Crippen molar-refractivity contribution in [2.24, 2.45) is 0 Å². The molecular formula is C14H13N3O3. The second-order valence-electron chi connectivity index (χ2n) is 4.31. The van der Waals surface area contributed by atoms with Gasteiger partial charge in [-0.15, -0.1) is 0 Å². The zero-order valence-corrected chi connectivity index (χ0v) is 11.0. The van der Waals surface area contributed by atoms with Crippen molar-refractivity contribution in [3.8, 4) is 0 Å². The Morgan fingerprint density at radius 3 is 2.25 bits per heavy atom. The number of aryl methyl sites for hydroxylation is 2. The van der Waals surface area contributed by atoms with Crippen LogP contribution in [0.2, 0.25) is 0 Å². The maximum Gasteiger partial charge on any atom is 0.335 e. The summed E-state index contributed by atoms with van der Waals surface area (Å²) < 4.78 is 0. The van der Waals surface area contributed by atoms with Crippen molar-refractivity contribution in [2.45, 2.75) is 13.8 Å². The van der Waals surface area contributed by atoms with E-state index in [1.807, 2.05) is 0 Å². The van der Waals surface area contributed by atoms with E-state index in [0.717, 1.165) is 11.4 Å². The maximum absolute atomic E-state index is 12.0. The van der Waals surface area contributed by atoms with Gasteiger partial charge in [-0.2, -0.15) is 0 Å². The minimum absolute atomic E-state index is 0.0546. The zero-order valence-electron chi connectivity index (χ0n) is 11.0. The molecule has 0 aliphatic rings. The number of hydrogen-bond acceptors (Lipinski definition) is 4. The third-order valence-electron chi connectivity index (χ3n) is 2.58. The van der Waals surface area contributed by atoms with E-state index >= 15 is 0 Å². The largest absolute Gasteiger partial charge is 0.478 e. The van der Waals surface area contributed by atoms with Gasteiger partial charge in [-0.05, 0) is 38.1 Å². The Kier molecular flexibility index (Phi) is 3.74. The molecule has 0 saturated carbocycles. The fraction of sp³-hybridized carbons (Fsp3) is 0.143. The third kappa shape index (κ3) is 3.17. The molecule has 2 rings (SSSR count). The van der Waals surface area contributed by atoms with Crippen LogP contribution in [-0.2, 0) is 0 Å². The van der Waals surface area contributed by atoms with Gasteiger partial charge in [0.1, 0.15) is 0 Å². The minimum Gasteiger partial charge on any atom is -0.478 e. The van der Waals surface area contributed by atoms with Gasteiger partial charge in [0.25, 0.3) is 5.91 Å². The van der Waals surface area contributed by atoms with E-state index in [9.17, 15) is 9.59 Å². The molecule has 1 aromatic carbocycles. The molecule has 0 aliphatic carbocycles. The van der Waals surface area contributed by atoms with Crippen LogP contribution in [0.4, 0.5) is 5.95 Å². The van der Waals surface area contributed by atoms with E-state index in [1.165, 1.54) is 24.3 Å². The van der Waals surface area contributed by atoms with Crippen LogP contribution in [0.25, 0.3) is 0 Å². The van der Waals surface area contributed by atoms with Crippen molar-refractivity contribution >= 4 is 17.8 Å². The fourth-order valence-electron chi connectivity index (χ4n) is 1.75. The Bertz CT molecular complexity index is 663. The number of nitrogens with one attached hydrogen (secondary N) is 1. The van der Waals surface area contributed by atoms with Crippen molar-refractivity contribution in [1.29, 1.82) is 0 Å². The number of aromatic nitrogens is 2. The predicted molar refractivity (Wildman–Crippen MR) is 72.9 cm³/mol. The van der Waals surface area contributed by atoms with Gasteiger partial charge in [0.15, 0.2) is 0 Å². The average molecular weight is 271 g/mol. The number of carboxylic acids is 1. The van der Waals surface area contributed by atoms with Crippen LogP contribution in [-0.4, -0.2) is 27.0 Å². The fourth-order valence-corrected chi connectivity index (χ4v) is 1.75. The van der Waals surface area contributed by atoms with Gasteiger partial charge in [0.2, 0.25) is 5.95 Å². The molecule has 102 valence electrons. The normalized spacial score (nSPS) is 10.1. The Balaban J connectivity index is 2.23. The van der Waals surface area contributed by atoms with Crippen LogP contribution in [0.15, 0.2) is 30.3 Å². The summed E-state index contributed by atoms with van der Waals surface area (Å²) in [5.41, 5.74) is 1.78. The van der Waals surface area contributed by atoms with Crippen molar-refractivity contribution in [3.63, 3.8) is 0 Å². The number of hydrogen-bond donors (Lipinski definition) is 2. The molecule has 0 atom stereocenters. The van der Waals surface area contributed by atoms with Gasteiger partial charge in [0.05, 0.1) is 5.56 Å². The van der Waals surface area contributed by atoms with E-state index in [-0.39, 0.29) is 17.1 Å². The lowest BCUT2D eigenvalue weighted by Crippen LogP contribution is -2.15. The molecule has 2 aromatic rings. The Morgan fingerprint density at radius 1 is 1.05 bits per heavy atom. The van der Waals surface area contributed by atoms with Crippen LogP contribution < -0.4 is 5.32 Å². The number of carbonyl (C=O) groups is 2. The van der Waals surface area contributed by atoms with E-state index in [0.29, 0.717) is 0 Å². The first-order valence-corrected chi connectivity index (χ1v) is 5.92. The van der Waals surface area contributed by atoms with Crippen LogP contribution in [0.5, 0.6) is 0 Å². The zero-order chi connectivity index (χ0) is 14.7. The molecule has 1 heterocycles. The van der Waals surface area contributed by atoms with Gasteiger partial charge >= 0.3 is 5.97 Å². The number of aromatic carboxylic acids is 1. The highest BCUT2D eigenvalue weighted by Crippen LogP contribution is 2.09. The SMILES string of the molecule is Cc1cc(C)nc(NC(=O)c2cccc(C(=O)O)c2)n1. The molecule has 20 heavy (non-hydrogen) atoms. The first-order chi connectivity index (χ1) is 9.45. The molecule has 1 aromatic heterocycles. The first kappa shape index (κ1) is 13.7. The van der Waals surface area contributed by atoms with Crippen molar-refractivity contribution in [2.75, 3.05) is 5.32 Å². The Labute approximate surface area is 115 Å². The highest BCUT2D eigenvalue weighted by Gasteiger charge is 2.11. The Morgan fingerprint density at radius 2 is 1.65 bits per heavy atom. The number of carbonyl (C=O) groups excluding carboxylic acids is 1. The smallest absolute Gasteiger partial charge is 0.335 e. The van der Waals surface area contributed by atoms with Crippen LogP contribution in [0.1, 0.15) is 32.1 Å². The summed E-state index contributed by atoms with van der Waals surface area (Å²) in [5, 5.41) is 11.4. The molecule has 0 radical (unpaired) electrons. The highest BCUT2D eigenvalue weighted by molar-refractivity contribution is 6.04. The lowest BCUT2D eigenvalue weighted by atomic mass is 10.1. The summed E-state index contributed by atoms with van der Waals surface area (Å²) in [6, 6.07) is 7.57. The van der Waals surface area contributed by atoms with E-state index in [4.69, 9.17) is 5.11 Å². The molecule has 0 aliphatic heterocycles. The quantitative estimate of drug-likeness (QED) is 0.891. The highest BCUT2D eigenvalue weighted by atomic mass is 16.4.